The second-order valence-electron chi connectivity index (χ2n) is 4.65. The molecule has 92 valence electrons. The Morgan fingerprint density at radius 2 is 2.06 bits per heavy atom. The molecule has 0 spiro atoms. The van der Waals surface area contributed by atoms with Crippen LogP contribution in [0.3, 0.4) is 0 Å². The monoisotopic (exact) mass is 233 g/mol. The van der Waals surface area contributed by atoms with Gasteiger partial charge in [0, 0.05) is 45.3 Å². The first-order valence-corrected chi connectivity index (χ1v) is 5.91. The van der Waals surface area contributed by atoms with Crippen LogP contribution in [0.4, 0.5) is 5.69 Å². The van der Waals surface area contributed by atoms with Gasteiger partial charge in [-0.05, 0) is 17.7 Å². The molecule has 4 nitrogen and oxygen atoms in total. The summed E-state index contributed by atoms with van der Waals surface area (Å²) in [5, 5.41) is 6.20. The zero-order valence-electron chi connectivity index (χ0n) is 10.4. The van der Waals surface area contributed by atoms with Gasteiger partial charge in [0.15, 0.2) is 0 Å². The average molecular weight is 233 g/mol. The number of amides is 1. The summed E-state index contributed by atoms with van der Waals surface area (Å²) >= 11 is 0. The Morgan fingerprint density at radius 1 is 1.35 bits per heavy atom. The third kappa shape index (κ3) is 3.20. The smallest absolute Gasteiger partial charge is 0.221 e. The molecule has 1 aromatic rings. The summed E-state index contributed by atoms with van der Waals surface area (Å²) in [6.07, 6.45) is 0.593. The van der Waals surface area contributed by atoms with Crippen LogP contribution >= 0.6 is 0 Å². The van der Waals surface area contributed by atoms with Crippen molar-refractivity contribution in [2.75, 3.05) is 25.5 Å². The van der Waals surface area contributed by atoms with Gasteiger partial charge in [0.1, 0.15) is 0 Å². The van der Waals surface area contributed by atoms with Crippen molar-refractivity contribution in [3.05, 3.63) is 29.8 Å². The maximum atomic E-state index is 11.0. The zero-order chi connectivity index (χ0) is 12.3. The molecule has 0 aliphatic carbocycles. The fraction of sp³-hybridized carbons (Fsp3) is 0.462. The van der Waals surface area contributed by atoms with Crippen LogP contribution in [0.5, 0.6) is 0 Å². The quantitative estimate of drug-likeness (QED) is 0.806. The van der Waals surface area contributed by atoms with Crippen LogP contribution in [-0.4, -0.2) is 32.6 Å². The molecule has 0 radical (unpaired) electrons. The van der Waals surface area contributed by atoms with Crippen LogP contribution in [0.25, 0.3) is 0 Å². The van der Waals surface area contributed by atoms with Crippen LogP contribution in [-0.2, 0) is 11.3 Å². The zero-order valence-corrected chi connectivity index (χ0v) is 10.4. The van der Waals surface area contributed by atoms with Crippen molar-refractivity contribution < 1.29 is 4.79 Å². The van der Waals surface area contributed by atoms with Gasteiger partial charge < -0.3 is 15.5 Å². The molecule has 1 unspecified atom stereocenters. The molecular formula is C13H19N3O. The lowest BCUT2D eigenvalue weighted by molar-refractivity contribution is -0.119. The summed E-state index contributed by atoms with van der Waals surface area (Å²) in [5.41, 5.74) is 2.45. The van der Waals surface area contributed by atoms with Crippen molar-refractivity contribution in [2.24, 2.45) is 0 Å². The van der Waals surface area contributed by atoms with E-state index in [9.17, 15) is 4.79 Å². The van der Waals surface area contributed by atoms with Gasteiger partial charge in [0.25, 0.3) is 0 Å². The summed E-state index contributed by atoms with van der Waals surface area (Å²) in [5.74, 6) is 0.144. The number of hydrogen-bond acceptors (Lipinski definition) is 3. The van der Waals surface area contributed by atoms with E-state index in [-0.39, 0.29) is 11.9 Å². The van der Waals surface area contributed by atoms with Crippen molar-refractivity contribution in [3.63, 3.8) is 0 Å². The first-order valence-electron chi connectivity index (χ1n) is 5.91. The van der Waals surface area contributed by atoms with Crippen LogP contribution in [0.15, 0.2) is 24.3 Å². The van der Waals surface area contributed by atoms with Gasteiger partial charge in [0.2, 0.25) is 5.91 Å². The molecule has 1 heterocycles. The second kappa shape index (κ2) is 5.19. The number of hydrogen-bond donors (Lipinski definition) is 2. The topological polar surface area (TPSA) is 44.4 Å². The number of anilines is 1. The molecule has 1 aliphatic rings. The van der Waals surface area contributed by atoms with Crippen molar-refractivity contribution >= 4 is 11.6 Å². The maximum absolute atomic E-state index is 11.0. The fourth-order valence-corrected chi connectivity index (χ4v) is 1.92. The highest BCUT2D eigenvalue weighted by Gasteiger charge is 2.20. The van der Waals surface area contributed by atoms with Crippen LogP contribution in [0.1, 0.15) is 12.0 Å². The molecule has 1 amide bonds. The second-order valence-corrected chi connectivity index (χ2v) is 4.65. The number of carbonyl (C=O) groups is 1. The molecule has 17 heavy (non-hydrogen) atoms. The molecule has 2 rings (SSSR count). The summed E-state index contributed by atoms with van der Waals surface area (Å²) in [7, 11) is 4.06. The Morgan fingerprint density at radius 3 is 2.59 bits per heavy atom. The van der Waals surface area contributed by atoms with Gasteiger partial charge >= 0.3 is 0 Å². The molecule has 1 atom stereocenters. The van der Waals surface area contributed by atoms with Gasteiger partial charge in [-0.3, -0.25) is 4.79 Å². The summed E-state index contributed by atoms with van der Waals surface area (Å²) in [4.78, 5) is 13.1. The largest absolute Gasteiger partial charge is 0.378 e. The first-order chi connectivity index (χ1) is 8.15. The molecule has 1 aromatic carbocycles. The van der Waals surface area contributed by atoms with Crippen molar-refractivity contribution in [3.8, 4) is 0 Å². The number of rotatable bonds is 4. The number of nitrogens with zero attached hydrogens (tertiary/aromatic N) is 1. The lowest BCUT2D eigenvalue weighted by Crippen LogP contribution is -2.30. The molecule has 1 aliphatic heterocycles. The van der Waals surface area contributed by atoms with Crippen LogP contribution in [0, 0.1) is 0 Å². The highest BCUT2D eigenvalue weighted by atomic mass is 16.1. The predicted octanol–water partition coefficient (Wildman–Crippen LogP) is 0.731. The Balaban J connectivity index is 1.85. The van der Waals surface area contributed by atoms with Crippen molar-refractivity contribution in [1.29, 1.82) is 0 Å². The molecule has 1 saturated heterocycles. The van der Waals surface area contributed by atoms with E-state index in [1.807, 2.05) is 14.1 Å². The predicted molar refractivity (Wildman–Crippen MR) is 69.0 cm³/mol. The molecular weight excluding hydrogens is 214 g/mol. The Hall–Kier alpha value is -1.55. The van der Waals surface area contributed by atoms with Gasteiger partial charge in [0.05, 0.1) is 0 Å². The molecule has 0 bridgehead atoms. The first kappa shape index (κ1) is 11.9. The lowest BCUT2D eigenvalue weighted by Gasteiger charge is -2.14. The fourth-order valence-electron chi connectivity index (χ4n) is 1.92. The Labute approximate surface area is 102 Å². The van der Waals surface area contributed by atoms with E-state index in [1.54, 1.807) is 0 Å². The third-order valence-electron chi connectivity index (χ3n) is 3.03. The van der Waals surface area contributed by atoms with E-state index >= 15 is 0 Å². The standard InChI is InChI=1S/C13H19N3O/c1-16(2)12-5-3-10(4-6-12)8-14-11-7-13(17)15-9-11/h3-6,11,14H,7-9H2,1-2H3,(H,15,17). The molecule has 0 saturated carbocycles. The van der Waals surface area contributed by atoms with E-state index < -0.39 is 0 Å². The minimum Gasteiger partial charge on any atom is -0.378 e. The maximum Gasteiger partial charge on any atom is 0.221 e. The summed E-state index contributed by atoms with van der Waals surface area (Å²) in [6, 6.07) is 8.72. The highest BCUT2D eigenvalue weighted by molar-refractivity contribution is 5.78. The highest BCUT2D eigenvalue weighted by Crippen LogP contribution is 2.12. The number of carbonyl (C=O) groups excluding carboxylic acids is 1. The molecule has 1 fully saturated rings. The van der Waals surface area contributed by atoms with Crippen LogP contribution in [0.2, 0.25) is 0 Å². The van der Waals surface area contributed by atoms with E-state index in [0.717, 1.165) is 13.1 Å². The SMILES string of the molecule is CN(C)c1ccc(CNC2CNC(=O)C2)cc1. The Kier molecular flexibility index (Phi) is 3.64. The van der Waals surface area contributed by atoms with E-state index in [2.05, 4.69) is 39.8 Å². The van der Waals surface area contributed by atoms with Crippen LogP contribution < -0.4 is 15.5 Å². The van der Waals surface area contributed by atoms with Crippen molar-refractivity contribution in [2.45, 2.75) is 19.0 Å². The lowest BCUT2D eigenvalue weighted by atomic mass is 10.2. The minimum atomic E-state index is 0.144. The third-order valence-corrected chi connectivity index (χ3v) is 3.03. The molecule has 0 aromatic heterocycles. The normalized spacial score (nSPS) is 19.2. The van der Waals surface area contributed by atoms with Gasteiger partial charge in [-0.1, -0.05) is 12.1 Å². The number of benzene rings is 1. The Bertz CT molecular complexity index is 386. The average Bonchev–Trinajstić information content (AvgIpc) is 2.73. The van der Waals surface area contributed by atoms with E-state index in [1.165, 1.54) is 11.3 Å². The van der Waals surface area contributed by atoms with Gasteiger partial charge in [-0.25, -0.2) is 0 Å². The van der Waals surface area contributed by atoms with E-state index in [0.29, 0.717) is 6.42 Å². The van der Waals surface area contributed by atoms with E-state index in [4.69, 9.17) is 0 Å². The number of nitrogens with one attached hydrogen (secondary N) is 2. The van der Waals surface area contributed by atoms with Gasteiger partial charge in [-0.15, -0.1) is 0 Å². The minimum absolute atomic E-state index is 0.144. The molecule has 4 heteroatoms. The van der Waals surface area contributed by atoms with Gasteiger partial charge in [-0.2, -0.15) is 0 Å². The molecule has 2 N–H and O–H groups in total. The summed E-state index contributed by atoms with van der Waals surface area (Å²) < 4.78 is 0. The summed E-state index contributed by atoms with van der Waals surface area (Å²) in [6.45, 7) is 1.56. The van der Waals surface area contributed by atoms with Crippen molar-refractivity contribution in [1.82, 2.24) is 10.6 Å².